The number of aliphatic hydroxyl groups excluding tert-OH is 1. The molecule has 1 aliphatic rings. The number of amides is 1. The van der Waals surface area contributed by atoms with Gasteiger partial charge in [0.1, 0.15) is 0 Å². The van der Waals surface area contributed by atoms with Crippen LogP contribution >= 0.6 is 0 Å². The Labute approximate surface area is 203 Å². The lowest BCUT2D eigenvalue weighted by Gasteiger charge is -2.42. The number of aliphatic hydroxyl groups is 1. The van der Waals surface area contributed by atoms with Gasteiger partial charge in [-0.05, 0) is 30.0 Å². The van der Waals surface area contributed by atoms with Crippen molar-refractivity contribution in [2.75, 3.05) is 32.8 Å². The molecule has 1 atom stereocenters. The summed E-state index contributed by atoms with van der Waals surface area (Å²) in [6.45, 7) is 5.87. The SMILES string of the molecule is Cc1ccc(CNC(=O)C(CCO)N2CCN(C(c3ccccc3)c3ccccc3)CC2)cc1. The van der Waals surface area contributed by atoms with Crippen molar-refractivity contribution in [1.29, 1.82) is 0 Å². The van der Waals surface area contributed by atoms with Crippen LogP contribution in [0, 0.1) is 6.92 Å². The molecule has 3 aromatic carbocycles. The number of piperazine rings is 1. The molecule has 1 saturated heterocycles. The molecule has 4 rings (SSSR count). The standard InChI is InChI=1S/C29H35N3O2/c1-23-12-14-24(15-13-23)22-30-29(34)27(16-21-33)31-17-19-32(20-18-31)28(25-8-4-2-5-9-25)26-10-6-3-7-11-26/h2-15,27-28,33H,16-22H2,1H3,(H,30,34). The number of carbonyl (C=O) groups excluding carboxylic acids is 1. The lowest BCUT2D eigenvalue weighted by atomic mass is 9.96. The zero-order chi connectivity index (χ0) is 23.8. The van der Waals surface area contributed by atoms with Crippen molar-refractivity contribution < 1.29 is 9.90 Å². The molecule has 1 fully saturated rings. The molecule has 1 aliphatic heterocycles. The molecular weight excluding hydrogens is 422 g/mol. The lowest BCUT2D eigenvalue weighted by Crippen LogP contribution is -2.55. The van der Waals surface area contributed by atoms with Crippen molar-refractivity contribution in [2.24, 2.45) is 0 Å². The molecule has 0 spiro atoms. The van der Waals surface area contributed by atoms with Gasteiger partial charge >= 0.3 is 0 Å². The fourth-order valence-electron chi connectivity index (χ4n) is 4.81. The number of nitrogens with one attached hydrogen (secondary N) is 1. The molecule has 5 nitrogen and oxygen atoms in total. The minimum absolute atomic E-state index is 0.000508. The summed E-state index contributed by atoms with van der Waals surface area (Å²) in [6.07, 6.45) is 0.445. The van der Waals surface area contributed by atoms with E-state index in [4.69, 9.17) is 0 Å². The van der Waals surface area contributed by atoms with Gasteiger partial charge in [-0.25, -0.2) is 0 Å². The highest BCUT2D eigenvalue weighted by atomic mass is 16.3. The van der Waals surface area contributed by atoms with Crippen LogP contribution in [0.4, 0.5) is 0 Å². The van der Waals surface area contributed by atoms with E-state index in [0.717, 1.165) is 31.7 Å². The first-order valence-corrected chi connectivity index (χ1v) is 12.2. The summed E-state index contributed by atoms with van der Waals surface area (Å²) in [4.78, 5) is 17.8. The monoisotopic (exact) mass is 457 g/mol. The number of carbonyl (C=O) groups is 1. The van der Waals surface area contributed by atoms with Gasteiger partial charge in [0.25, 0.3) is 0 Å². The number of hydrogen-bond acceptors (Lipinski definition) is 4. The van der Waals surface area contributed by atoms with Gasteiger partial charge in [0.15, 0.2) is 0 Å². The van der Waals surface area contributed by atoms with Crippen LogP contribution < -0.4 is 5.32 Å². The van der Waals surface area contributed by atoms with Gasteiger partial charge in [-0.2, -0.15) is 0 Å². The number of rotatable bonds is 9. The van der Waals surface area contributed by atoms with E-state index in [1.165, 1.54) is 16.7 Å². The van der Waals surface area contributed by atoms with Gasteiger partial charge in [0.2, 0.25) is 5.91 Å². The van der Waals surface area contributed by atoms with Crippen molar-refractivity contribution >= 4 is 5.91 Å². The zero-order valence-corrected chi connectivity index (χ0v) is 19.9. The van der Waals surface area contributed by atoms with E-state index in [2.05, 4.69) is 94.8 Å². The van der Waals surface area contributed by atoms with E-state index in [-0.39, 0.29) is 24.6 Å². The largest absolute Gasteiger partial charge is 0.396 e. The first-order chi connectivity index (χ1) is 16.7. The van der Waals surface area contributed by atoms with Crippen LogP contribution in [-0.4, -0.2) is 59.6 Å². The minimum Gasteiger partial charge on any atom is -0.396 e. The molecule has 0 aliphatic carbocycles. The van der Waals surface area contributed by atoms with Crippen LogP contribution in [0.5, 0.6) is 0 Å². The van der Waals surface area contributed by atoms with E-state index in [0.29, 0.717) is 13.0 Å². The maximum atomic E-state index is 13.1. The molecule has 1 amide bonds. The highest BCUT2D eigenvalue weighted by molar-refractivity contribution is 5.81. The van der Waals surface area contributed by atoms with Crippen LogP contribution in [-0.2, 0) is 11.3 Å². The van der Waals surface area contributed by atoms with Gasteiger partial charge in [0.05, 0.1) is 12.1 Å². The normalized spacial score (nSPS) is 15.9. The Morgan fingerprint density at radius 3 is 1.88 bits per heavy atom. The summed E-state index contributed by atoms with van der Waals surface area (Å²) in [5, 5.41) is 12.7. The van der Waals surface area contributed by atoms with Crippen molar-refractivity contribution in [1.82, 2.24) is 15.1 Å². The van der Waals surface area contributed by atoms with Crippen LogP contribution in [0.25, 0.3) is 0 Å². The fourth-order valence-corrected chi connectivity index (χ4v) is 4.81. The van der Waals surface area contributed by atoms with Crippen molar-refractivity contribution in [3.8, 4) is 0 Å². The van der Waals surface area contributed by atoms with Gasteiger partial charge in [-0.3, -0.25) is 14.6 Å². The second-order valence-electron chi connectivity index (χ2n) is 9.03. The van der Waals surface area contributed by atoms with Crippen LogP contribution in [0.1, 0.15) is 34.7 Å². The van der Waals surface area contributed by atoms with Crippen molar-refractivity contribution in [3.05, 3.63) is 107 Å². The van der Waals surface area contributed by atoms with Crippen molar-refractivity contribution in [2.45, 2.75) is 32.0 Å². The van der Waals surface area contributed by atoms with Crippen molar-refractivity contribution in [3.63, 3.8) is 0 Å². The Balaban J connectivity index is 1.41. The number of benzene rings is 3. The topological polar surface area (TPSA) is 55.8 Å². The molecule has 5 heteroatoms. The summed E-state index contributed by atoms with van der Waals surface area (Å²) >= 11 is 0. The van der Waals surface area contributed by atoms with E-state index in [1.54, 1.807) is 0 Å². The third-order valence-electron chi connectivity index (χ3n) is 6.68. The molecule has 1 heterocycles. The molecule has 0 bridgehead atoms. The number of hydrogen-bond donors (Lipinski definition) is 2. The first kappa shape index (κ1) is 24.1. The smallest absolute Gasteiger partial charge is 0.237 e. The maximum Gasteiger partial charge on any atom is 0.237 e. The van der Waals surface area contributed by atoms with Crippen LogP contribution in [0.15, 0.2) is 84.9 Å². The predicted molar refractivity (Wildman–Crippen MR) is 136 cm³/mol. The Morgan fingerprint density at radius 1 is 0.824 bits per heavy atom. The molecule has 1 unspecified atom stereocenters. The van der Waals surface area contributed by atoms with E-state index in [9.17, 15) is 9.90 Å². The van der Waals surface area contributed by atoms with E-state index in [1.807, 2.05) is 12.1 Å². The van der Waals surface area contributed by atoms with Gasteiger partial charge in [-0.15, -0.1) is 0 Å². The first-order valence-electron chi connectivity index (χ1n) is 12.2. The minimum atomic E-state index is -0.315. The van der Waals surface area contributed by atoms with E-state index < -0.39 is 0 Å². The van der Waals surface area contributed by atoms with Gasteiger partial charge in [0, 0.05) is 39.3 Å². The summed E-state index contributed by atoms with van der Waals surface area (Å²) < 4.78 is 0. The summed E-state index contributed by atoms with van der Waals surface area (Å²) in [5.74, 6) is -0.00857. The molecule has 34 heavy (non-hydrogen) atoms. The van der Waals surface area contributed by atoms with Gasteiger partial charge in [-0.1, -0.05) is 90.5 Å². The third kappa shape index (κ3) is 6.11. The summed E-state index contributed by atoms with van der Waals surface area (Å²) in [6, 6.07) is 29.3. The maximum absolute atomic E-state index is 13.1. The second-order valence-corrected chi connectivity index (χ2v) is 9.03. The quantitative estimate of drug-likeness (QED) is 0.514. The van der Waals surface area contributed by atoms with Crippen LogP contribution in [0.3, 0.4) is 0 Å². The molecule has 0 radical (unpaired) electrons. The second kappa shape index (κ2) is 11.9. The van der Waals surface area contributed by atoms with E-state index >= 15 is 0 Å². The number of aryl methyl sites for hydroxylation is 1. The fraction of sp³-hybridized carbons (Fsp3) is 0.345. The average Bonchev–Trinajstić information content (AvgIpc) is 2.89. The van der Waals surface area contributed by atoms with Crippen LogP contribution in [0.2, 0.25) is 0 Å². The molecule has 178 valence electrons. The Kier molecular flexibility index (Phi) is 8.47. The molecule has 0 aromatic heterocycles. The predicted octanol–water partition coefficient (Wildman–Crippen LogP) is 3.77. The highest BCUT2D eigenvalue weighted by Crippen LogP contribution is 2.29. The third-order valence-corrected chi connectivity index (χ3v) is 6.68. The Morgan fingerprint density at radius 2 is 1.35 bits per heavy atom. The number of nitrogens with zero attached hydrogens (tertiary/aromatic N) is 2. The molecular formula is C29H35N3O2. The summed E-state index contributed by atoms with van der Waals surface area (Å²) in [5.41, 5.74) is 4.85. The zero-order valence-electron chi connectivity index (χ0n) is 19.9. The molecule has 3 aromatic rings. The molecule has 2 N–H and O–H groups in total. The Hall–Kier alpha value is -2.99. The van der Waals surface area contributed by atoms with Gasteiger partial charge < -0.3 is 10.4 Å². The summed E-state index contributed by atoms with van der Waals surface area (Å²) in [7, 11) is 0. The lowest BCUT2D eigenvalue weighted by molar-refractivity contribution is -0.128. The Bertz CT molecular complexity index is 977. The average molecular weight is 458 g/mol. The molecule has 0 saturated carbocycles. The highest BCUT2D eigenvalue weighted by Gasteiger charge is 2.31.